The Bertz CT molecular complexity index is 1230. The van der Waals surface area contributed by atoms with Gasteiger partial charge < -0.3 is 9.88 Å². The second-order valence-electron chi connectivity index (χ2n) is 7.81. The van der Waals surface area contributed by atoms with Gasteiger partial charge in [-0.15, -0.1) is 11.3 Å². The predicted octanol–water partition coefficient (Wildman–Crippen LogP) is 3.95. The summed E-state index contributed by atoms with van der Waals surface area (Å²) in [6.45, 7) is 4.38. The molecule has 164 valence electrons. The first-order chi connectivity index (χ1) is 14.7. The van der Waals surface area contributed by atoms with E-state index in [0.29, 0.717) is 10.9 Å². The van der Waals surface area contributed by atoms with E-state index >= 15 is 0 Å². The highest BCUT2D eigenvalue weighted by atomic mass is 35.5. The van der Waals surface area contributed by atoms with E-state index in [1.165, 1.54) is 21.7 Å². The number of amides is 1. The van der Waals surface area contributed by atoms with E-state index in [9.17, 15) is 13.2 Å². The van der Waals surface area contributed by atoms with Gasteiger partial charge in [-0.25, -0.2) is 8.42 Å². The van der Waals surface area contributed by atoms with Gasteiger partial charge in [0.2, 0.25) is 15.9 Å². The lowest BCUT2D eigenvalue weighted by Gasteiger charge is -2.42. The molecule has 0 spiro atoms. The van der Waals surface area contributed by atoms with Gasteiger partial charge in [0.1, 0.15) is 0 Å². The Balaban J connectivity index is 1.56. The molecule has 4 heterocycles. The molecular formula is C21H23ClN4O3S2. The van der Waals surface area contributed by atoms with Crippen molar-refractivity contribution in [1.82, 2.24) is 19.2 Å². The first-order valence-electron chi connectivity index (χ1n) is 9.88. The molecule has 1 N–H and O–H groups in total. The van der Waals surface area contributed by atoms with Gasteiger partial charge in [0.05, 0.1) is 23.1 Å². The lowest BCUT2D eigenvalue weighted by atomic mass is 9.99. The molecule has 1 amide bonds. The molecule has 1 aliphatic heterocycles. The van der Waals surface area contributed by atoms with E-state index in [1.807, 2.05) is 32.2 Å². The Kier molecular flexibility index (Phi) is 6.20. The van der Waals surface area contributed by atoms with Gasteiger partial charge in [-0.05, 0) is 36.3 Å². The van der Waals surface area contributed by atoms with Crippen LogP contribution in [0.4, 0.5) is 0 Å². The predicted molar refractivity (Wildman–Crippen MR) is 124 cm³/mol. The molecule has 1 atom stereocenters. The highest BCUT2D eigenvalue weighted by Gasteiger charge is 2.38. The summed E-state index contributed by atoms with van der Waals surface area (Å²) < 4.78 is 27.7. The van der Waals surface area contributed by atoms with E-state index in [2.05, 4.69) is 9.97 Å². The van der Waals surface area contributed by atoms with Crippen molar-refractivity contribution in [2.45, 2.75) is 26.4 Å². The summed E-state index contributed by atoms with van der Waals surface area (Å²) in [5, 5.41) is 2.11. The number of pyridine rings is 1. The summed E-state index contributed by atoms with van der Waals surface area (Å²) >= 11 is 7.21. The van der Waals surface area contributed by atoms with Crippen molar-refractivity contribution in [3.63, 3.8) is 0 Å². The van der Waals surface area contributed by atoms with Crippen LogP contribution in [0, 0.1) is 5.92 Å². The SMILES string of the molecule is CC(C)[C@H]1CN(S(=O)(=O)C=Cc2ccc(Cl)s2)CC(=O)N1Cc1nccc2[nH]ccc12. The first kappa shape index (κ1) is 22.0. The highest BCUT2D eigenvalue weighted by molar-refractivity contribution is 7.92. The fourth-order valence-electron chi connectivity index (χ4n) is 3.76. The second kappa shape index (κ2) is 8.74. The van der Waals surface area contributed by atoms with E-state index in [-0.39, 0.29) is 31.0 Å². The zero-order valence-corrected chi connectivity index (χ0v) is 19.5. The van der Waals surface area contributed by atoms with Gasteiger partial charge in [-0.2, -0.15) is 4.31 Å². The summed E-state index contributed by atoms with van der Waals surface area (Å²) in [7, 11) is -3.75. The van der Waals surface area contributed by atoms with Crippen LogP contribution in [0.3, 0.4) is 0 Å². The van der Waals surface area contributed by atoms with Crippen molar-refractivity contribution < 1.29 is 13.2 Å². The Labute approximate surface area is 190 Å². The van der Waals surface area contributed by atoms with Crippen molar-refractivity contribution in [2.24, 2.45) is 5.92 Å². The molecule has 0 saturated carbocycles. The number of carbonyl (C=O) groups is 1. The number of H-pyrrole nitrogens is 1. The maximum Gasteiger partial charge on any atom is 0.238 e. The van der Waals surface area contributed by atoms with Crippen molar-refractivity contribution in [3.05, 3.63) is 57.0 Å². The van der Waals surface area contributed by atoms with Crippen LogP contribution in [-0.4, -0.2) is 52.6 Å². The monoisotopic (exact) mass is 478 g/mol. The number of rotatable bonds is 6. The number of piperazine rings is 1. The molecule has 0 radical (unpaired) electrons. The van der Waals surface area contributed by atoms with Gasteiger partial charge in [0.25, 0.3) is 0 Å². The van der Waals surface area contributed by atoms with Crippen LogP contribution in [0.2, 0.25) is 4.34 Å². The molecule has 3 aromatic heterocycles. The summed E-state index contributed by atoms with van der Waals surface area (Å²) in [5.74, 6) is -0.150. The molecule has 0 aliphatic carbocycles. The zero-order chi connectivity index (χ0) is 22.2. The number of nitrogens with zero attached hydrogens (tertiary/aromatic N) is 3. The number of fused-ring (bicyclic) bond motifs is 1. The van der Waals surface area contributed by atoms with E-state index < -0.39 is 10.0 Å². The zero-order valence-electron chi connectivity index (χ0n) is 17.2. The standard InChI is InChI=1S/C21H23ClN4O3S2/c1-14(2)19-12-25(31(28,29)10-7-15-3-4-20(22)30-15)13-21(27)26(19)11-18-16-5-8-23-17(16)6-9-24-18/h3-10,14,19,23H,11-13H2,1-2H3/t19-/m1/s1. The highest BCUT2D eigenvalue weighted by Crippen LogP contribution is 2.26. The molecule has 1 fully saturated rings. The number of nitrogens with one attached hydrogen (secondary N) is 1. The van der Waals surface area contributed by atoms with Crippen molar-refractivity contribution in [2.75, 3.05) is 13.1 Å². The van der Waals surface area contributed by atoms with Crippen LogP contribution < -0.4 is 0 Å². The number of carbonyl (C=O) groups excluding carboxylic acids is 1. The second-order valence-corrected chi connectivity index (χ2v) is 11.4. The van der Waals surface area contributed by atoms with Gasteiger partial charge in [0.15, 0.2) is 0 Å². The average Bonchev–Trinajstić information content (AvgIpc) is 3.36. The number of hydrogen-bond acceptors (Lipinski definition) is 5. The smallest absolute Gasteiger partial charge is 0.238 e. The third kappa shape index (κ3) is 4.69. The number of thiophene rings is 1. The van der Waals surface area contributed by atoms with E-state index in [4.69, 9.17) is 11.6 Å². The number of hydrogen-bond donors (Lipinski definition) is 1. The van der Waals surface area contributed by atoms with Crippen LogP contribution in [0.15, 0.2) is 42.1 Å². The molecular weight excluding hydrogens is 456 g/mol. The Hall–Kier alpha value is -2.20. The normalized spacial score (nSPS) is 18.6. The Morgan fingerprint density at radius 1 is 1.32 bits per heavy atom. The van der Waals surface area contributed by atoms with Gasteiger partial charge in [-0.3, -0.25) is 9.78 Å². The largest absolute Gasteiger partial charge is 0.361 e. The van der Waals surface area contributed by atoms with Crippen LogP contribution >= 0.6 is 22.9 Å². The lowest BCUT2D eigenvalue weighted by Crippen LogP contribution is -2.58. The quantitative estimate of drug-likeness (QED) is 0.581. The van der Waals surface area contributed by atoms with E-state index in [0.717, 1.165) is 26.9 Å². The molecule has 0 bridgehead atoms. The molecule has 7 nitrogen and oxygen atoms in total. The van der Waals surface area contributed by atoms with Crippen LogP contribution in [0.1, 0.15) is 24.4 Å². The molecule has 10 heteroatoms. The van der Waals surface area contributed by atoms with Crippen molar-refractivity contribution >= 4 is 55.8 Å². The summed E-state index contributed by atoms with van der Waals surface area (Å²) in [5.41, 5.74) is 1.75. The minimum absolute atomic E-state index is 0.0764. The minimum atomic E-state index is -3.75. The molecule has 0 unspecified atom stereocenters. The average molecular weight is 479 g/mol. The number of aromatic nitrogens is 2. The third-order valence-corrected chi connectivity index (χ3v) is 8.11. The number of sulfonamides is 1. The van der Waals surface area contributed by atoms with Crippen LogP contribution in [0.5, 0.6) is 0 Å². The first-order valence-corrected chi connectivity index (χ1v) is 12.6. The molecule has 31 heavy (non-hydrogen) atoms. The molecule has 0 aromatic carbocycles. The van der Waals surface area contributed by atoms with Crippen LogP contribution in [0.25, 0.3) is 17.0 Å². The van der Waals surface area contributed by atoms with E-state index in [1.54, 1.807) is 23.2 Å². The Morgan fingerprint density at radius 3 is 2.84 bits per heavy atom. The summed E-state index contributed by atoms with van der Waals surface area (Å²) in [6.07, 6.45) is 5.07. The molecule has 3 aromatic rings. The topological polar surface area (TPSA) is 86.4 Å². The van der Waals surface area contributed by atoms with Gasteiger partial charge in [0, 0.05) is 46.2 Å². The molecule has 1 aliphatic rings. The van der Waals surface area contributed by atoms with Gasteiger partial charge in [-0.1, -0.05) is 25.4 Å². The maximum atomic E-state index is 13.1. The molecule has 1 saturated heterocycles. The summed E-state index contributed by atoms with van der Waals surface area (Å²) in [6, 6.07) is 7.05. The maximum absolute atomic E-state index is 13.1. The van der Waals surface area contributed by atoms with Crippen molar-refractivity contribution in [1.29, 1.82) is 0 Å². The Morgan fingerprint density at radius 2 is 2.13 bits per heavy atom. The summed E-state index contributed by atoms with van der Waals surface area (Å²) in [4.78, 5) is 23.2. The molecule has 4 rings (SSSR count). The number of halogens is 1. The number of aromatic amines is 1. The van der Waals surface area contributed by atoms with Crippen LogP contribution in [-0.2, 0) is 21.4 Å². The third-order valence-electron chi connectivity index (χ3n) is 5.43. The lowest BCUT2D eigenvalue weighted by molar-refractivity contribution is -0.139. The fourth-order valence-corrected chi connectivity index (χ4v) is 5.95. The fraction of sp³-hybridized carbons (Fsp3) is 0.333. The van der Waals surface area contributed by atoms with Crippen molar-refractivity contribution in [3.8, 4) is 0 Å². The minimum Gasteiger partial charge on any atom is -0.361 e. The van der Waals surface area contributed by atoms with Gasteiger partial charge >= 0.3 is 0 Å².